The first-order chi connectivity index (χ1) is 9.13. The minimum atomic E-state index is -0.144. The molecule has 0 aliphatic rings. The smallest absolute Gasteiger partial charge is 0.233 e. The van der Waals surface area contributed by atoms with E-state index in [2.05, 4.69) is 5.32 Å². The molecule has 4 heteroatoms. The second kappa shape index (κ2) is 7.89. The largest absolute Gasteiger partial charge is 0.350 e. The van der Waals surface area contributed by atoms with E-state index in [9.17, 15) is 4.79 Å². The van der Waals surface area contributed by atoms with E-state index in [1.165, 1.54) is 0 Å². The van der Waals surface area contributed by atoms with E-state index in [1.807, 2.05) is 56.0 Å². The second-order valence-electron chi connectivity index (χ2n) is 4.34. The molecule has 0 saturated carbocycles. The molecule has 0 aliphatic carbocycles. The van der Waals surface area contributed by atoms with Crippen LogP contribution in [-0.4, -0.2) is 29.0 Å². The molecule has 104 valence electrons. The Kier molecular flexibility index (Phi) is 6.50. The van der Waals surface area contributed by atoms with Gasteiger partial charge in [-0.3, -0.25) is 4.79 Å². The van der Waals surface area contributed by atoms with Crippen LogP contribution in [0.3, 0.4) is 0 Å². The van der Waals surface area contributed by atoms with Gasteiger partial charge in [0.1, 0.15) is 0 Å². The lowest BCUT2D eigenvalue weighted by Crippen LogP contribution is -2.44. The summed E-state index contributed by atoms with van der Waals surface area (Å²) < 4.78 is 0. The number of carbonyl (C=O) groups excluding carboxylic acids is 1. The normalized spacial score (nSPS) is 11.7. The van der Waals surface area contributed by atoms with Crippen molar-refractivity contribution in [3.05, 3.63) is 35.9 Å². The van der Waals surface area contributed by atoms with Gasteiger partial charge in [0.2, 0.25) is 5.91 Å². The highest BCUT2D eigenvalue weighted by atomic mass is 32.1. The summed E-state index contributed by atoms with van der Waals surface area (Å²) in [6, 6.07) is 9.82. The summed E-state index contributed by atoms with van der Waals surface area (Å²) in [6.45, 7) is 7.67. The number of carbonyl (C=O) groups is 1. The van der Waals surface area contributed by atoms with Crippen molar-refractivity contribution in [2.75, 3.05) is 13.1 Å². The predicted molar refractivity (Wildman–Crippen MR) is 83.1 cm³/mol. The van der Waals surface area contributed by atoms with Crippen molar-refractivity contribution >= 4 is 23.2 Å². The van der Waals surface area contributed by atoms with Crippen molar-refractivity contribution in [3.8, 4) is 0 Å². The van der Waals surface area contributed by atoms with Crippen LogP contribution in [0.25, 0.3) is 0 Å². The number of thiocarbonyl (C=S) groups is 1. The van der Waals surface area contributed by atoms with Crippen molar-refractivity contribution in [1.29, 1.82) is 0 Å². The van der Waals surface area contributed by atoms with Gasteiger partial charge in [-0.2, -0.15) is 0 Å². The average Bonchev–Trinajstić information content (AvgIpc) is 2.42. The fraction of sp³-hybridized carbons (Fsp3) is 0.467. The fourth-order valence-corrected chi connectivity index (χ4v) is 2.40. The number of nitrogens with one attached hydrogen (secondary N) is 1. The molecule has 1 aromatic rings. The lowest BCUT2D eigenvalue weighted by molar-refractivity contribution is -0.121. The van der Waals surface area contributed by atoms with Gasteiger partial charge >= 0.3 is 0 Å². The first-order valence-electron chi connectivity index (χ1n) is 6.78. The molecular weight excluding hydrogens is 256 g/mol. The van der Waals surface area contributed by atoms with Crippen molar-refractivity contribution in [3.63, 3.8) is 0 Å². The highest BCUT2D eigenvalue weighted by molar-refractivity contribution is 7.80. The van der Waals surface area contributed by atoms with E-state index in [1.54, 1.807) is 0 Å². The van der Waals surface area contributed by atoms with Crippen LogP contribution in [0.4, 0.5) is 0 Å². The Bertz CT molecular complexity index is 415. The molecule has 19 heavy (non-hydrogen) atoms. The number of rotatable bonds is 5. The molecule has 0 heterocycles. The zero-order valence-electron chi connectivity index (χ0n) is 11.8. The molecule has 1 amide bonds. The fourth-order valence-electron chi connectivity index (χ4n) is 2.04. The zero-order valence-corrected chi connectivity index (χ0v) is 12.7. The maximum atomic E-state index is 12.3. The second-order valence-corrected chi connectivity index (χ2v) is 4.72. The maximum Gasteiger partial charge on any atom is 0.233 e. The first-order valence-corrected chi connectivity index (χ1v) is 7.19. The Hall–Kier alpha value is -1.42. The van der Waals surface area contributed by atoms with E-state index in [0.717, 1.165) is 25.1 Å². The molecule has 0 bridgehead atoms. The minimum absolute atomic E-state index is 0.0226. The summed E-state index contributed by atoms with van der Waals surface area (Å²) >= 11 is 5.26. The van der Waals surface area contributed by atoms with Crippen LogP contribution in [0.5, 0.6) is 0 Å². The summed E-state index contributed by atoms with van der Waals surface area (Å²) in [5.41, 5.74) is 1.03. The van der Waals surface area contributed by atoms with Crippen molar-refractivity contribution in [1.82, 2.24) is 10.2 Å². The van der Waals surface area contributed by atoms with Crippen LogP contribution in [0.1, 0.15) is 38.7 Å². The topological polar surface area (TPSA) is 32.3 Å². The SMILES string of the molecule is CC[C@@H](C(=O)NC(=S)N(CC)CC)c1ccccc1. The van der Waals surface area contributed by atoms with E-state index < -0.39 is 0 Å². The van der Waals surface area contributed by atoms with Gasteiger partial charge in [0, 0.05) is 13.1 Å². The molecule has 1 atom stereocenters. The Morgan fingerprint density at radius 3 is 2.26 bits per heavy atom. The lowest BCUT2D eigenvalue weighted by atomic mass is 9.96. The van der Waals surface area contributed by atoms with Gasteiger partial charge in [-0.1, -0.05) is 37.3 Å². The molecule has 0 radical (unpaired) electrons. The molecule has 0 fully saturated rings. The van der Waals surface area contributed by atoms with Crippen molar-refractivity contribution < 1.29 is 4.79 Å². The van der Waals surface area contributed by atoms with Gasteiger partial charge < -0.3 is 10.2 Å². The molecule has 0 saturated heterocycles. The lowest BCUT2D eigenvalue weighted by Gasteiger charge is -2.23. The standard InChI is InChI=1S/C15H22N2OS/c1-4-13(12-10-8-7-9-11-12)14(18)16-15(19)17(5-2)6-3/h7-11,13H,4-6H2,1-3H3,(H,16,18,19)/t13-/m1/s1. The quantitative estimate of drug-likeness (QED) is 0.841. The van der Waals surface area contributed by atoms with Crippen LogP contribution in [-0.2, 0) is 4.79 Å². The van der Waals surface area contributed by atoms with Gasteiger partial charge in [-0.25, -0.2) is 0 Å². The minimum Gasteiger partial charge on any atom is -0.350 e. The van der Waals surface area contributed by atoms with Crippen LogP contribution in [0.2, 0.25) is 0 Å². The molecular formula is C15H22N2OS. The molecule has 0 aliphatic heterocycles. The third kappa shape index (κ3) is 4.31. The monoisotopic (exact) mass is 278 g/mol. The number of hydrogen-bond donors (Lipinski definition) is 1. The van der Waals surface area contributed by atoms with E-state index in [0.29, 0.717) is 5.11 Å². The third-order valence-electron chi connectivity index (χ3n) is 3.21. The molecule has 1 N–H and O–H groups in total. The highest BCUT2D eigenvalue weighted by Crippen LogP contribution is 2.19. The summed E-state index contributed by atoms with van der Waals surface area (Å²) in [5, 5.41) is 3.37. The van der Waals surface area contributed by atoms with Crippen molar-refractivity contribution in [2.24, 2.45) is 0 Å². The molecule has 0 aromatic heterocycles. The Labute approximate surface area is 121 Å². The van der Waals surface area contributed by atoms with Crippen LogP contribution in [0.15, 0.2) is 30.3 Å². The van der Waals surface area contributed by atoms with Crippen LogP contribution < -0.4 is 5.32 Å². The summed E-state index contributed by atoms with van der Waals surface area (Å²) in [5.74, 6) is -0.166. The van der Waals surface area contributed by atoms with Gasteiger partial charge in [-0.05, 0) is 38.0 Å². The van der Waals surface area contributed by atoms with Gasteiger partial charge in [0.15, 0.2) is 5.11 Å². The van der Waals surface area contributed by atoms with Crippen LogP contribution >= 0.6 is 12.2 Å². The molecule has 0 spiro atoms. The summed E-state index contributed by atoms with van der Waals surface area (Å²) in [4.78, 5) is 14.3. The van der Waals surface area contributed by atoms with Crippen molar-refractivity contribution in [2.45, 2.75) is 33.1 Å². The van der Waals surface area contributed by atoms with E-state index >= 15 is 0 Å². The maximum absolute atomic E-state index is 12.3. The highest BCUT2D eigenvalue weighted by Gasteiger charge is 2.20. The zero-order chi connectivity index (χ0) is 14.3. The summed E-state index contributed by atoms with van der Waals surface area (Å²) in [7, 11) is 0. The number of hydrogen-bond acceptors (Lipinski definition) is 2. The Morgan fingerprint density at radius 2 is 1.79 bits per heavy atom. The molecule has 1 aromatic carbocycles. The van der Waals surface area contributed by atoms with E-state index in [4.69, 9.17) is 12.2 Å². The van der Waals surface area contributed by atoms with Crippen LogP contribution in [0, 0.1) is 0 Å². The summed E-state index contributed by atoms with van der Waals surface area (Å²) in [6.07, 6.45) is 0.761. The Morgan fingerprint density at radius 1 is 1.21 bits per heavy atom. The number of benzene rings is 1. The van der Waals surface area contributed by atoms with E-state index in [-0.39, 0.29) is 11.8 Å². The predicted octanol–water partition coefficient (Wildman–Crippen LogP) is 2.92. The van der Waals surface area contributed by atoms with Gasteiger partial charge in [0.25, 0.3) is 0 Å². The third-order valence-corrected chi connectivity index (χ3v) is 3.57. The Balaban J connectivity index is 2.73. The molecule has 1 rings (SSSR count). The first kappa shape index (κ1) is 15.6. The van der Waals surface area contributed by atoms with Gasteiger partial charge in [-0.15, -0.1) is 0 Å². The number of amides is 1. The number of nitrogens with zero attached hydrogens (tertiary/aromatic N) is 1. The molecule has 3 nitrogen and oxygen atoms in total. The van der Waals surface area contributed by atoms with Gasteiger partial charge in [0.05, 0.1) is 5.92 Å². The molecule has 0 unspecified atom stereocenters. The average molecular weight is 278 g/mol.